The van der Waals surface area contributed by atoms with E-state index in [0.29, 0.717) is 11.1 Å². The second kappa shape index (κ2) is 4.64. The molecule has 5 nitrogen and oxygen atoms in total. The fourth-order valence-electron chi connectivity index (χ4n) is 2.34. The van der Waals surface area contributed by atoms with Gasteiger partial charge in [0.25, 0.3) is 5.91 Å². The predicted octanol–water partition coefficient (Wildman–Crippen LogP) is 2.99. The highest BCUT2D eigenvalue weighted by Crippen LogP contribution is 2.33. The summed E-state index contributed by atoms with van der Waals surface area (Å²) >= 11 is 3.49. The molecule has 0 aliphatic heterocycles. The van der Waals surface area contributed by atoms with Crippen molar-refractivity contribution in [3.05, 3.63) is 45.9 Å². The highest BCUT2D eigenvalue weighted by molar-refractivity contribution is 9.10. The maximum absolute atomic E-state index is 11.5. The van der Waals surface area contributed by atoms with E-state index in [4.69, 9.17) is 10.9 Å². The number of aromatic amines is 1. The Morgan fingerprint density at radius 1 is 1.35 bits per heavy atom. The Labute approximate surface area is 122 Å². The lowest BCUT2D eigenvalue weighted by atomic mass is 10.1. The Hall–Kier alpha value is -2.34. The normalized spacial score (nSPS) is 11.7. The van der Waals surface area contributed by atoms with Gasteiger partial charge in [-0.3, -0.25) is 4.79 Å². The van der Waals surface area contributed by atoms with Crippen molar-refractivity contribution in [1.82, 2.24) is 4.98 Å². The molecule has 100 valence electrons. The Kier molecular flexibility index (Phi) is 2.94. The van der Waals surface area contributed by atoms with E-state index in [-0.39, 0.29) is 0 Å². The predicted molar refractivity (Wildman–Crippen MR) is 81.4 cm³/mol. The number of carbonyl (C=O) groups is 1. The largest absolute Gasteiger partial charge is 0.411 e. The first-order valence-corrected chi connectivity index (χ1v) is 6.62. The van der Waals surface area contributed by atoms with Crippen molar-refractivity contribution < 1.29 is 10.0 Å². The van der Waals surface area contributed by atoms with Crippen molar-refractivity contribution in [1.29, 1.82) is 0 Å². The molecule has 0 unspecified atom stereocenters. The second-order valence-electron chi connectivity index (χ2n) is 4.38. The standard InChI is InChI=1S/C14H10BrN3O2/c15-10-4-3-9(14(16)19)13-12(10)8-2-1-7(6-17-20)5-11(8)18-13/h1-6,18,20H,(H2,16,19). The van der Waals surface area contributed by atoms with Gasteiger partial charge in [-0.05, 0) is 23.8 Å². The van der Waals surface area contributed by atoms with E-state index in [0.717, 1.165) is 26.3 Å². The Bertz CT molecular complexity index is 868. The molecule has 1 heterocycles. The topological polar surface area (TPSA) is 91.5 Å². The third-order valence-electron chi connectivity index (χ3n) is 3.20. The molecule has 0 saturated carbocycles. The summed E-state index contributed by atoms with van der Waals surface area (Å²) in [6, 6.07) is 9.06. The van der Waals surface area contributed by atoms with Crippen molar-refractivity contribution in [3.8, 4) is 0 Å². The van der Waals surface area contributed by atoms with Crippen LogP contribution in [0.4, 0.5) is 0 Å². The van der Waals surface area contributed by atoms with Gasteiger partial charge in [0, 0.05) is 20.8 Å². The first kappa shape index (κ1) is 12.7. The minimum atomic E-state index is -0.480. The molecular formula is C14H10BrN3O2. The second-order valence-corrected chi connectivity index (χ2v) is 5.24. The quantitative estimate of drug-likeness (QED) is 0.382. The van der Waals surface area contributed by atoms with E-state index in [1.807, 2.05) is 18.2 Å². The lowest BCUT2D eigenvalue weighted by Gasteiger charge is -2.00. The molecule has 2 aromatic carbocycles. The minimum Gasteiger partial charge on any atom is -0.411 e. The fourth-order valence-corrected chi connectivity index (χ4v) is 2.88. The molecule has 0 atom stereocenters. The molecule has 0 saturated heterocycles. The van der Waals surface area contributed by atoms with Crippen molar-refractivity contribution in [2.24, 2.45) is 10.9 Å². The number of amides is 1. The third kappa shape index (κ3) is 1.85. The number of benzene rings is 2. The maximum Gasteiger partial charge on any atom is 0.250 e. The summed E-state index contributed by atoms with van der Waals surface area (Å²) in [6.07, 6.45) is 1.34. The molecule has 4 N–H and O–H groups in total. The van der Waals surface area contributed by atoms with Crippen LogP contribution in [0.2, 0.25) is 0 Å². The highest BCUT2D eigenvalue weighted by Gasteiger charge is 2.14. The number of H-pyrrole nitrogens is 1. The first-order valence-electron chi connectivity index (χ1n) is 5.83. The van der Waals surface area contributed by atoms with Crippen molar-refractivity contribution in [2.45, 2.75) is 0 Å². The maximum atomic E-state index is 11.5. The van der Waals surface area contributed by atoms with Crippen LogP contribution in [0.1, 0.15) is 15.9 Å². The van der Waals surface area contributed by atoms with Crippen LogP contribution < -0.4 is 5.73 Å². The Morgan fingerprint density at radius 3 is 2.85 bits per heavy atom. The van der Waals surface area contributed by atoms with E-state index in [9.17, 15) is 4.79 Å². The average molecular weight is 332 g/mol. The van der Waals surface area contributed by atoms with Crippen LogP contribution >= 0.6 is 15.9 Å². The number of nitrogens with two attached hydrogens (primary N) is 1. The Morgan fingerprint density at radius 2 is 2.15 bits per heavy atom. The Balaban J connectivity index is 2.43. The van der Waals surface area contributed by atoms with Gasteiger partial charge in [0.2, 0.25) is 0 Å². The summed E-state index contributed by atoms with van der Waals surface area (Å²) in [5.74, 6) is -0.480. The van der Waals surface area contributed by atoms with E-state index in [1.54, 1.807) is 12.1 Å². The van der Waals surface area contributed by atoms with Crippen LogP contribution in [0, 0.1) is 0 Å². The van der Waals surface area contributed by atoms with E-state index in [2.05, 4.69) is 26.1 Å². The van der Waals surface area contributed by atoms with Gasteiger partial charge in [0.15, 0.2) is 0 Å². The summed E-state index contributed by atoms with van der Waals surface area (Å²) < 4.78 is 0.882. The average Bonchev–Trinajstić information content (AvgIpc) is 2.78. The van der Waals surface area contributed by atoms with Crippen LogP contribution in [-0.4, -0.2) is 22.3 Å². The lowest BCUT2D eigenvalue weighted by molar-refractivity contribution is 0.100. The number of aromatic nitrogens is 1. The number of oxime groups is 1. The van der Waals surface area contributed by atoms with E-state index in [1.165, 1.54) is 6.21 Å². The zero-order chi connectivity index (χ0) is 14.3. The van der Waals surface area contributed by atoms with Crippen LogP contribution in [0.15, 0.2) is 40.0 Å². The number of fused-ring (bicyclic) bond motifs is 3. The molecule has 0 aliphatic rings. The van der Waals surface area contributed by atoms with Crippen molar-refractivity contribution in [2.75, 3.05) is 0 Å². The van der Waals surface area contributed by atoms with Gasteiger partial charge in [-0.1, -0.05) is 33.2 Å². The molecule has 3 aromatic rings. The number of nitrogens with one attached hydrogen (secondary N) is 1. The van der Waals surface area contributed by atoms with E-state index < -0.39 is 5.91 Å². The number of halogens is 1. The zero-order valence-electron chi connectivity index (χ0n) is 10.2. The van der Waals surface area contributed by atoms with E-state index >= 15 is 0 Å². The number of primary amides is 1. The van der Waals surface area contributed by atoms with Gasteiger partial charge in [-0.15, -0.1) is 0 Å². The molecule has 1 aromatic heterocycles. The van der Waals surface area contributed by atoms with Gasteiger partial charge >= 0.3 is 0 Å². The molecule has 3 rings (SSSR count). The van der Waals surface area contributed by atoms with Crippen LogP contribution in [0.3, 0.4) is 0 Å². The van der Waals surface area contributed by atoms with Gasteiger partial charge in [0.1, 0.15) is 0 Å². The lowest BCUT2D eigenvalue weighted by Crippen LogP contribution is -2.11. The number of rotatable bonds is 2. The van der Waals surface area contributed by atoms with Gasteiger partial charge < -0.3 is 15.9 Å². The number of hydrogen-bond acceptors (Lipinski definition) is 3. The summed E-state index contributed by atoms with van der Waals surface area (Å²) in [5.41, 5.74) is 8.13. The molecule has 0 aliphatic carbocycles. The number of carbonyl (C=O) groups excluding carboxylic acids is 1. The minimum absolute atomic E-state index is 0.441. The summed E-state index contributed by atoms with van der Waals surface area (Å²) in [6.45, 7) is 0. The first-order chi connectivity index (χ1) is 9.61. The molecule has 6 heteroatoms. The zero-order valence-corrected chi connectivity index (χ0v) is 11.8. The van der Waals surface area contributed by atoms with Crippen molar-refractivity contribution in [3.63, 3.8) is 0 Å². The van der Waals surface area contributed by atoms with Gasteiger partial charge in [-0.2, -0.15) is 0 Å². The molecule has 0 spiro atoms. The molecule has 0 bridgehead atoms. The summed E-state index contributed by atoms with van der Waals surface area (Å²) in [4.78, 5) is 14.7. The fraction of sp³-hybridized carbons (Fsp3) is 0. The molecule has 20 heavy (non-hydrogen) atoms. The van der Waals surface area contributed by atoms with Crippen LogP contribution in [0.25, 0.3) is 21.8 Å². The van der Waals surface area contributed by atoms with Crippen LogP contribution in [-0.2, 0) is 0 Å². The number of nitrogens with zero attached hydrogens (tertiary/aromatic N) is 1. The highest BCUT2D eigenvalue weighted by atomic mass is 79.9. The third-order valence-corrected chi connectivity index (χ3v) is 3.86. The smallest absolute Gasteiger partial charge is 0.250 e. The van der Waals surface area contributed by atoms with Gasteiger partial charge in [0.05, 0.1) is 17.3 Å². The summed E-state index contributed by atoms with van der Waals surface area (Å²) in [7, 11) is 0. The molecule has 1 amide bonds. The number of hydrogen-bond donors (Lipinski definition) is 3. The van der Waals surface area contributed by atoms with Gasteiger partial charge in [-0.25, -0.2) is 0 Å². The van der Waals surface area contributed by atoms with Crippen LogP contribution in [0.5, 0.6) is 0 Å². The molecule has 0 radical (unpaired) electrons. The SMILES string of the molecule is NC(=O)c1ccc(Br)c2c1[nH]c1cc(C=NO)ccc12. The molecular weight excluding hydrogens is 322 g/mol. The van der Waals surface area contributed by atoms with Crippen molar-refractivity contribution >= 4 is 49.9 Å². The monoisotopic (exact) mass is 331 g/mol. The molecule has 0 fully saturated rings. The summed E-state index contributed by atoms with van der Waals surface area (Å²) in [5, 5.41) is 13.5.